The lowest BCUT2D eigenvalue weighted by Gasteiger charge is -2.11. The van der Waals surface area contributed by atoms with Gasteiger partial charge in [-0.1, -0.05) is 0 Å². The van der Waals surface area contributed by atoms with E-state index in [0.29, 0.717) is 11.1 Å². The number of hydrogen-bond donors (Lipinski definition) is 0. The van der Waals surface area contributed by atoms with Crippen LogP contribution in [0.1, 0.15) is 27.0 Å². The number of carbonyl (C=O) groups is 1. The first-order chi connectivity index (χ1) is 7.93. The Balaban J connectivity index is 2.60. The predicted molar refractivity (Wildman–Crippen MR) is 54.1 cm³/mol. The minimum absolute atomic E-state index is 0.0985. The second kappa shape index (κ2) is 3.87. The fourth-order valence-corrected chi connectivity index (χ4v) is 1.67. The number of hydrogen-bond acceptors (Lipinski definition) is 3. The average molecular weight is 243 g/mol. The molecule has 1 aromatic rings. The average Bonchev–Trinajstić information content (AvgIpc) is 2.73. The van der Waals surface area contributed by atoms with E-state index in [1.807, 2.05) is 0 Å². The molecular weight excluding hydrogens is 235 g/mol. The number of benzene rings is 1. The van der Waals surface area contributed by atoms with E-state index < -0.39 is 17.7 Å². The van der Waals surface area contributed by atoms with Gasteiger partial charge in [-0.25, -0.2) is 4.79 Å². The summed E-state index contributed by atoms with van der Waals surface area (Å²) in [7, 11) is 1.13. The number of methoxy groups -OCH3 is 1. The second-order valence-corrected chi connectivity index (χ2v) is 3.56. The van der Waals surface area contributed by atoms with Gasteiger partial charge in [0, 0.05) is 11.8 Å². The van der Waals surface area contributed by atoms with Gasteiger partial charge in [-0.15, -0.1) is 0 Å². The first-order valence-electron chi connectivity index (χ1n) is 4.75. The third kappa shape index (κ3) is 2.02. The van der Waals surface area contributed by atoms with Crippen LogP contribution in [0.5, 0.6) is 0 Å². The SMILES string of the molecule is COC(=O)c1cc(C(F)(F)F)cc2c1C=NC2. The van der Waals surface area contributed by atoms with E-state index in [-0.39, 0.29) is 12.1 Å². The predicted octanol–water partition coefficient (Wildman–Crippen LogP) is 2.42. The van der Waals surface area contributed by atoms with Gasteiger partial charge in [-0.3, -0.25) is 4.99 Å². The van der Waals surface area contributed by atoms with Crippen molar-refractivity contribution in [3.63, 3.8) is 0 Å². The van der Waals surface area contributed by atoms with Gasteiger partial charge in [0.15, 0.2) is 0 Å². The van der Waals surface area contributed by atoms with Gasteiger partial charge in [0.05, 0.1) is 24.8 Å². The minimum Gasteiger partial charge on any atom is -0.465 e. The summed E-state index contributed by atoms with van der Waals surface area (Å²) in [6, 6.07) is 1.80. The van der Waals surface area contributed by atoms with E-state index in [9.17, 15) is 18.0 Å². The maximum absolute atomic E-state index is 12.6. The zero-order valence-electron chi connectivity index (χ0n) is 8.84. The van der Waals surface area contributed by atoms with Gasteiger partial charge in [-0.2, -0.15) is 13.2 Å². The molecule has 0 unspecified atom stereocenters. The summed E-state index contributed by atoms with van der Waals surface area (Å²) in [5, 5.41) is 0. The van der Waals surface area contributed by atoms with Crippen LogP contribution in [0.15, 0.2) is 17.1 Å². The lowest BCUT2D eigenvalue weighted by molar-refractivity contribution is -0.137. The molecule has 90 valence electrons. The number of carbonyl (C=O) groups excluding carboxylic acids is 1. The quantitative estimate of drug-likeness (QED) is 0.710. The fraction of sp³-hybridized carbons (Fsp3) is 0.273. The van der Waals surface area contributed by atoms with Gasteiger partial charge < -0.3 is 4.74 Å². The number of alkyl halides is 3. The zero-order chi connectivity index (χ0) is 12.6. The Morgan fingerprint density at radius 1 is 1.41 bits per heavy atom. The highest BCUT2D eigenvalue weighted by atomic mass is 19.4. The summed E-state index contributed by atoms with van der Waals surface area (Å²) in [5.41, 5.74) is -0.161. The van der Waals surface area contributed by atoms with E-state index >= 15 is 0 Å². The lowest BCUT2D eigenvalue weighted by Crippen LogP contribution is -2.12. The summed E-state index contributed by atoms with van der Waals surface area (Å²) in [6.45, 7) is 0.156. The van der Waals surface area contributed by atoms with Gasteiger partial charge in [-0.05, 0) is 17.7 Å². The Bertz CT molecular complexity index is 506. The molecule has 0 bridgehead atoms. The smallest absolute Gasteiger partial charge is 0.416 e. The summed E-state index contributed by atoms with van der Waals surface area (Å²) < 4.78 is 42.3. The highest BCUT2D eigenvalue weighted by Crippen LogP contribution is 2.33. The third-order valence-electron chi connectivity index (χ3n) is 2.48. The van der Waals surface area contributed by atoms with Crippen molar-refractivity contribution in [2.24, 2.45) is 4.99 Å². The number of ether oxygens (including phenoxy) is 1. The Morgan fingerprint density at radius 2 is 2.12 bits per heavy atom. The summed E-state index contributed by atoms with van der Waals surface area (Å²) in [5.74, 6) is -0.791. The molecule has 0 radical (unpaired) electrons. The molecule has 0 aromatic heterocycles. The second-order valence-electron chi connectivity index (χ2n) is 3.56. The van der Waals surface area contributed by atoms with Crippen molar-refractivity contribution in [2.75, 3.05) is 7.11 Å². The van der Waals surface area contributed by atoms with Crippen LogP contribution in [0.2, 0.25) is 0 Å². The zero-order valence-corrected chi connectivity index (χ0v) is 8.84. The Hall–Kier alpha value is -1.85. The van der Waals surface area contributed by atoms with Crippen molar-refractivity contribution in [3.05, 3.63) is 34.4 Å². The maximum Gasteiger partial charge on any atom is 0.416 e. The van der Waals surface area contributed by atoms with Crippen LogP contribution in [0, 0.1) is 0 Å². The molecule has 1 aliphatic rings. The summed E-state index contributed by atoms with van der Waals surface area (Å²) in [6.07, 6.45) is -3.10. The number of fused-ring (bicyclic) bond motifs is 1. The standard InChI is InChI=1S/C11H8F3NO2/c1-17-10(16)8-3-7(11(12,13)14)2-6-4-15-5-9(6)8/h2-3,5H,4H2,1H3. The van der Waals surface area contributed by atoms with E-state index in [2.05, 4.69) is 9.73 Å². The molecule has 0 spiro atoms. The molecule has 1 heterocycles. The molecule has 0 aliphatic carbocycles. The number of nitrogens with zero attached hydrogens (tertiary/aromatic N) is 1. The van der Waals surface area contributed by atoms with Crippen molar-refractivity contribution in [2.45, 2.75) is 12.7 Å². The van der Waals surface area contributed by atoms with E-state index in [4.69, 9.17) is 0 Å². The number of rotatable bonds is 1. The van der Waals surface area contributed by atoms with Gasteiger partial charge in [0.2, 0.25) is 0 Å². The molecule has 0 saturated heterocycles. The molecule has 0 saturated carbocycles. The first-order valence-corrected chi connectivity index (χ1v) is 4.75. The highest BCUT2D eigenvalue weighted by Gasteiger charge is 2.33. The van der Waals surface area contributed by atoms with Gasteiger partial charge in [0.1, 0.15) is 0 Å². The van der Waals surface area contributed by atoms with Gasteiger partial charge >= 0.3 is 12.1 Å². The highest BCUT2D eigenvalue weighted by molar-refractivity contribution is 6.01. The molecule has 0 amide bonds. The Labute approximate surface area is 94.9 Å². The Kier molecular flexibility index (Phi) is 2.65. The molecule has 0 atom stereocenters. The van der Waals surface area contributed by atoms with Crippen LogP contribution in [-0.4, -0.2) is 19.3 Å². The number of esters is 1. The van der Waals surface area contributed by atoms with Crippen LogP contribution in [0.4, 0.5) is 13.2 Å². The van der Waals surface area contributed by atoms with Crippen molar-refractivity contribution in [1.29, 1.82) is 0 Å². The van der Waals surface area contributed by atoms with Gasteiger partial charge in [0.25, 0.3) is 0 Å². The fourth-order valence-electron chi connectivity index (χ4n) is 1.67. The molecule has 3 nitrogen and oxygen atoms in total. The van der Waals surface area contributed by atoms with Crippen LogP contribution >= 0.6 is 0 Å². The lowest BCUT2D eigenvalue weighted by atomic mass is 9.99. The van der Waals surface area contributed by atoms with Crippen LogP contribution in [-0.2, 0) is 17.5 Å². The topological polar surface area (TPSA) is 38.7 Å². The summed E-state index contributed by atoms with van der Waals surface area (Å²) in [4.78, 5) is 15.3. The van der Waals surface area contributed by atoms with Crippen molar-refractivity contribution >= 4 is 12.2 Å². The molecule has 0 N–H and O–H groups in total. The van der Waals surface area contributed by atoms with Crippen molar-refractivity contribution < 1.29 is 22.7 Å². The minimum atomic E-state index is -4.49. The molecule has 1 aliphatic heterocycles. The van der Waals surface area contributed by atoms with Crippen LogP contribution in [0.3, 0.4) is 0 Å². The molecule has 2 rings (SSSR count). The monoisotopic (exact) mass is 243 g/mol. The number of aliphatic imine (C=N–C) groups is 1. The van der Waals surface area contributed by atoms with Crippen LogP contribution in [0.25, 0.3) is 0 Å². The molecule has 6 heteroatoms. The molecule has 0 fully saturated rings. The number of halogens is 3. The van der Waals surface area contributed by atoms with Crippen molar-refractivity contribution in [1.82, 2.24) is 0 Å². The largest absolute Gasteiger partial charge is 0.465 e. The third-order valence-corrected chi connectivity index (χ3v) is 2.48. The molecule has 17 heavy (non-hydrogen) atoms. The summed E-state index contributed by atoms with van der Waals surface area (Å²) >= 11 is 0. The van der Waals surface area contributed by atoms with E-state index in [1.165, 1.54) is 6.21 Å². The molecular formula is C11H8F3NO2. The molecule has 1 aromatic carbocycles. The normalized spacial score (nSPS) is 13.6. The van der Waals surface area contributed by atoms with E-state index in [1.54, 1.807) is 0 Å². The van der Waals surface area contributed by atoms with Crippen LogP contribution < -0.4 is 0 Å². The maximum atomic E-state index is 12.6. The van der Waals surface area contributed by atoms with E-state index in [0.717, 1.165) is 19.2 Å². The first kappa shape index (κ1) is 11.6. The Morgan fingerprint density at radius 3 is 2.71 bits per heavy atom. The van der Waals surface area contributed by atoms with Crippen molar-refractivity contribution in [3.8, 4) is 0 Å².